The van der Waals surface area contributed by atoms with Gasteiger partial charge in [0.15, 0.2) is 11.5 Å². The lowest BCUT2D eigenvalue weighted by molar-refractivity contribution is 0.281. The van der Waals surface area contributed by atoms with Crippen LogP contribution >= 0.6 is 15.9 Å². The van der Waals surface area contributed by atoms with Crippen molar-refractivity contribution in [2.75, 3.05) is 13.2 Å². The Morgan fingerprint density at radius 1 is 1.33 bits per heavy atom. The smallest absolute Gasteiger partial charge is 0.166 e. The topological polar surface area (TPSA) is 44.5 Å². The molecule has 0 aromatic heterocycles. The largest absolute Gasteiger partial charge is 0.490 e. The van der Waals surface area contributed by atoms with Crippen LogP contribution in [0, 0.1) is 0 Å². The highest BCUT2D eigenvalue weighted by molar-refractivity contribution is 9.10. The predicted octanol–water partition coefficient (Wildman–Crippen LogP) is 3.58. The van der Waals surface area contributed by atoms with Gasteiger partial charge in [-0.15, -0.1) is 0 Å². The summed E-state index contributed by atoms with van der Waals surface area (Å²) < 4.78 is 12.5. The number of nitrogens with two attached hydrogens (primary N) is 1. The second kappa shape index (κ2) is 5.93. The number of fused-ring (bicyclic) bond motifs is 1. The van der Waals surface area contributed by atoms with Crippen molar-refractivity contribution in [3.05, 3.63) is 21.7 Å². The fourth-order valence-corrected chi connectivity index (χ4v) is 3.13. The van der Waals surface area contributed by atoms with Gasteiger partial charge < -0.3 is 15.2 Å². The summed E-state index contributed by atoms with van der Waals surface area (Å²) >= 11 is 3.62. The summed E-state index contributed by atoms with van der Waals surface area (Å²) in [6.07, 6.45) is 3.19. The van der Waals surface area contributed by atoms with Crippen LogP contribution in [0.2, 0.25) is 0 Å². The van der Waals surface area contributed by atoms with E-state index in [9.17, 15) is 0 Å². The highest BCUT2D eigenvalue weighted by atomic mass is 79.9. The van der Waals surface area contributed by atoms with Crippen LogP contribution in [0.15, 0.2) is 10.5 Å². The van der Waals surface area contributed by atoms with Crippen LogP contribution < -0.4 is 15.2 Å². The van der Waals surface area contributed by atoms with Gasteiger partial charge in [0.05, 0.1) is 13.2 Å². The van der Waals surface area contributed by atoms with Crippen LogP contribution in [-0.4, -0.2) is 13.2 Å². The van der Waals surface area contributed by atoms with Gasteiger partial charge in [0.1, 0.15) is 0 Å². The third kappa shape index (κ3) is 2.50. The summed E-state index contributed by atoms with van der Waals surface area (Å²) in [5.41, 5.74) is 8.66. The zero-order chi connectivity index (χ0) is 13.1. The Labute approximate surface area is 117 Å². The zero-order valence-electron chi connectivity index (χ0n) is 11.0. The molecule has 1 unspecified atom stereocenters. The Hall–Kier alpha value is -0.740. The van der Waals surface area contributed by atoms with E-state index >= 15 is 0 Å². The quantitative estimate of drug-likeness (QED) is 0.924. The molecule has 4 heteroatoms. The Kier molecular flexibility index (Phi) is 4.51. The first-order valence-electron chi connectivity index (χ1n) is 6.55. The lowest BCUT2D eigenvalue weighted by Crippen LogP contribution is -2.20. The fourth-order valence-electron chi connectivity index (χ4n) is 2.51. The summed E-state index contributed by atoms with van der Waals surface area (Å²) in [4.78, 5) is 0. The molecule has 3 nitrogen and oxygen atoms in total. The third-order valence-electron chi connectivity index (χ3n) is 3.24. The maximum Gasteiger partial charge on any atom is 0.166 e. The number of halogens is 1. The SMILES string of the molecule is CCOc1cc(Br)c2c(c1OCC)C(N)CCC2. The van der Waals surface area contributed by atoms with Crippen molar-refractivity contribution in [2.45, 2.75) is 39.2 Å². The lowest BCUT2D eigenvalue weighted by atomic mass is 9.87. The number of hydrogen-bond donors (Lipinski definition) is 1. The van der Waals surface area contributed by atoms with Crippen LogP contribution in [-0.2, 0) is 6.42 Å². The minimum Gasteiger partial charge on any atom is -0.490 e. The van der Waals surface area contributed by atoms with Gasteiger partial charge in [-0.2, -0.15) is 0 Å². The van der Waals surface area contributed by atoms with Crippen molar-refractivity contribution < 1.29 is 9.47 Å². The summed E-state index contributed by atoms with van der Waals surface area (Å²) in [7, 11) is 0. The van der Waals surface area contributed by atoms with E-state index < -0.39 is 0 Å². The van der Waals surface area contributed by atoms with Gasteiger partial charge in [-0.3, -0.25) is 0 Å². The Balaban J connectivity index is 2.56. The van der Waals surface area contributed by atoms with Gasteiger partial charge in [0, 0.05) is 16.1 Å². The van der Waals surface area contributed by atoms with Gasteiger partial charge in [-0.25, -0.2) is 0 Å². The highest BCUT2D eigenvalue weighted by Crippen LogP contribution is 2.45. The summed E-state index contributed by atoms with van der Waals surface area (Å²) in [6.45, 7) is 5.21. The van der Waals surface area contributed by atoms with E-state index in [1.165, 1.54) is 5.56 Å². The Morgan fingerprint density at radius 3 is 2.72 bits per heavy atom. The molecule has 1 aromatic carbocycles. The fraction of sp³-hybridized carbons (Fsp3) is 0.571. The van der Waals surface area contributed by atoms with E-state index in [0.717, 1.165) is 40.8 Å². The first kappa shape index (κ1) is 13.7. The van der Waals surface area contributed by atoms with Gasteiger partial charge in [-0.05, 0) is 44.7 Å². The molecule has 18 heavy (non-hydrogen) atoms. The van der Waals surface area contributed by atoms with Crippen molar-refractivity contribution in [3.8, 4) is 11.5 Å². The molecule has 2 rings (SSSR count). The Bertz CT molecular complexity index is 434. The summed E-state index contributed by atoms with van der Waals surface area (Å²) in [5.74, 6) is 1.63. The first-order chi connectivity index (χ1) is 8.69. The minimum atomic E-state index is 0.0482. The average molecular weight is 314 g/mol. The second-order valence-corrected chi connectivity index (χ2v) is 5.30. The maximum atomic E-state index is 6.25. The molecule has 1 atom stereocenters. The third-order valence-corrected chi connectivity index (χ3v) is 3.95. The van der Waals surface area contributed by atoms with E-state index in [1.807, 2.05) is 19.9 Å². The van der Waals surface area contributed by atoms with Crippen LogP contribution in [0.3, 0.4) is 0 Å². The molecule has 0 bridgehead atoms. The zero-order valence-corrected chi connectivity index (χ0v) is 12.5. The molecule has 100 valence electrons. The van der Waals surface area contributed by atoms with E-state index in [4.69, 9.17) is 15.2 Å². The van der Waals surface area contributed by atoms with E-state index in [2.05, 4.69) is 15.9 Å². The molecular weight excluding hydrogens is 294 g/mol. The van der Waals surface area contributed by atoms with E-state index in [0.29, 0.717) is 13.2 Å². The van der Waals surface area contributed by atoms with Crippen molar-refractivity contribution in [2.24, 2.45) is 5.73 Å². The highest BCUT2D eigenvalue weighted by Gasteiger charge is 2.26. The molecule has 0 saturated carbocycles. The molecule has 1 aliphatic carbocycles. The van der Waals surface area contributed by atoms with Crippen molar-refractivity contribution >= 4 is 15.9 Å². The number of ether oxygens (including phenoxy) is 2. The van der Waals surface area contributed by atoms with Crippen LogP contribution in [0.5, 0.6) is 11.5 Å². The molecule has 0 spiro atoms. The molecule has 2 N–H and O–H groups in total. The Morgan fingerprint density at radius 2 is 2.06 bits per heavy atom. The molecule has 0 amide bonds. The normalized spacial score (nSPS) is 18.3. The molecular formula is C14H20BrNO2. The molecule has 0 saturated heterocycles. The monoisotopic (exact) mass is 313 g/mol. The molecule has 0 radical (unpaired) electrons. The van der Waals surface area contributed by atoms with E-state index in [1.54, 1.807) is 0 Å². The first-order valence-corrected chi connectivity index (χ1v) is 7.34. The standard InChI is InChI=1S/C14H20BrNO2/c1-3-17-12-8-10(15)9-6-5-7-11(16)13(9)14(12)18-4-2/h8,11H,3-7,16H2,1-2H3. The van der Waals surface area contributed by atoms with Gasteiger partial charge in [0.2, 0.25) is 0 Å². The van der Waals surface area contributed by atoms with E-state index in [-0.39, 0.29) is 6.04 Å². The minimum absolute atomic E-state index is 0.0482. The lowest BCUT2D eigenvalue weighted by Gasteiger charge is -2.27. The number of benzene rings is 1. The predicted molar refractivity (Wildman–Crippen MR) is 76.3 cm³/mol. The molecule has 0 aliphatic heterocycles. The number of hydrogen-bond acceptors (Lipinski definition) is 3. The number of rotatable bonds is 4. The molecule has 0 heterocycles. The van der Waals surface area contributed by atoms with Crippen molar-refractivity contribution in [3.63, 3.8) is 0 Å². The molecule has 1 aliphatic rings. The van der Waals surface area contributed by atoms with Gasteiger partial charge in [0.25, 0.3) is 0 Å². The maximum absolute atomic E-state index is 6.25. The van der Waals surface area contributed by atoms with Crippen molar-refractivity contribution in [1.82, 2.24) is 0 Å². The van der Waals surface area contributed by atoms with Crippen LogP contribution in [0.25, 0.3) is 0 Å². The van der Waals surface area contributed by atoms with Crippen LogP contribution in [0.4, 0.5) is 0 Å². The summed E-state index contributed by atoms with van der Waals surface area (Å²) in [5, 5.41) is 0. The molecule has 1 aromatic rings. The summed E-state index contributed by atoms with van der Waals surface area (Å²) in [6, 6.07) is 2.05. The van der Waals surface area contributed by atoms with Gasteiger partial charge in [-0.1, -0.05) is 15.9 Å². The van der Waals surface area contributed by atoms with Gasteiger partial charge >= 0.3 is 0 Å². The second-order valence-electron chi connectivity index (χ2n) is 4.44. The molecule has 0 fully saturated rings. The van der Waals surface area contributed by atoms with Crippen molar-refractivity contribution in [1.29, 1.82) is 0 Å². The average Bonchev–Trinajstić information content (AvgIpc) is 2.35. The van der Waals surface area contributed by atoms with Crippen LogP contribution in [0.1, 0.15) is 43.9 Å².